The molecule has 1 aliphatic heterocycles. The summed E-state index contributed by atoms with van der Waals surface area (Å²) in [4.78, 5) is 2.25. The zero-order chi connectivity index (χ0) is 10.2. The standard InChI is InChI=1S/C10H21N3S/c1-2-3-4-5-12-10(14)13-8-6-11-7-9-13/h11H,2-9H2,1H3,(H,12,14). The number of hydrogen-bond acceptors (Lipinski definition) is 2. The Labute approximate surface area is 92.2 Å². The van der Waals surface area contributed by atoms with E-state index in [1.165, 1.54) is 19.3 Å². The first kappa shape index (κ1) is 11.7. The highest BCUT2D eigenvalue weighted by Crippen LogP contribution is 1.95. The molecule has 0 aliphatic carbocycles. The van der Waals surface area contributed by atoms with Crippen LogP contribution in [0.15, 0.2) is 0 Å². The van der Waals surface area contributed by atoms with Crippen LogP contribution in [-0.2, 0) is 0 Å². The fourth-order valence-electron chi connectivity index (χ4n) is 1.55. The van der Waals surface area contributed by atoms with Crippen molar-refractivity contribution in [3.05, 3.63) is 0 Å². The van der Waals surface area contributed by atoms with E-state index in [0.717, 1.165) is 37.8 Å². The number of rotatable bonds is 4. The van der Waals surface area contributed by atoms with Crippen molar-refractivity contribution in [2.45, 2.75) is 26.2 Å². The van der Waals surface area contributed by atoms with E-state index in [9.17, 15) is 0 Å². The van der Waals surface area contributed by atoms with E-state index in [4.69, 9.17) is 12.2 Å². The summed E-state index contributed by atoms with van der Waals surface area (Å²) < 4.78 is 0. The van der Waals surface area contributed by atoms with Crippen molar-refractivity contribution in [3.63, 3.8) is 0 Å². The summed E-state index contributed by atoms with van der Waals surface area (Å²) >= 11 is 5.31. The highest BCUT2D eigenvalue weighted by atomic mass is 32.1. The molecule has 1 rings (SSSR count). The molecular weight excluding hydrogens is 194 g/mol. The molecule has 0 bridgehead atoms. The second kappa shape index (κ2) is 7.01. The van der Waals surface area contributed by atoms with E-state index in [2.05, 4.69) is 22.5 Å². The van der Waals surface area contributed by atoms with Crippen molar-refractivity contribution in [3.8, 4) is 0 Å². The number of nitrogens with zero attached hydrogens (tertiary/aromatic N) is 1. The van der Waals surface area contributed by atoms with Crippen molar-refractivity contribution >= 4 is 17.3 Å². The lowest BCUT2D eigenvalue weighted by Crippen LogP contribution is -2.50. The maximum atomic E-state index is 5.31. The molecule has 0 aromatic rings. The van der Waals surface area contributed by atoms with Gasteiger partial charge in [-0.3, -0.25) is 0 Å². The average Bonchev–Trinajstić information content (AvgIpc) is 2.25. The quantitative estimate of drug-likeness (QED) is 0.539. The maximum absolute atomic E-state index is 5.31. The molecule has 0 atom stereocenters. The van der Waals surface area contributed by atoms with Gasteiger partial charge in [0.05, 0.1) is 0 Å². The Morgan fingerprint density at radius 1 is 1.36 bits per heavy atom. The van der Waals surface area contributed by atoms with Gasteiger partial charge in [-0.25, -0.2) is 0 Å². The SMILES string of the molecule is CCCCCNC(=S)N1CCNCC1. The molecule has 0 aromatic carbocycles. The first-order valence-electron chi connectivity index (χ1n) is 5.58. The predicted molar refractivity (Wildman–Crippen MR) is 64.6 cm³/mol. The molecule has 0 unspecified atom stereocenters. The fraction of sp³-hybridized carbons (Fsp3) is 0.900. The van der Waals surface area contributed by atoms with Crippen molar-refractivity contribution in [1.82, 2.24) is 15.5 Å². The highest BCUT2D eigenvalue weighted by molar-refractivity contribution is 7.80. The van der Waals surface area contributed by atoms with Gasteiger partial charge in [-0.2, -0.15) is 0 Å². The molecule has 1 aliphatic rings. The first-order chi connectivity index (χ1) is 6.84. The van der Waals surface area contributed by atoms with E-state index < -0.39 is 0 Å². The smallest absolute Gasteiger partial charge is 0.169 e. The molecule has 4 heteroatoms. The van der Waals surface area contributed by atoms with Crippen LogP contribution in [0.2, 0.25) is 0 Å². The minimum absolute atomic E-state index is 0.933. The van der Waals surface area contributed by atoms with Crippen LogP contribution in [0.5, 0.6) is 0 Å². The van der Waals surface area contributed by atoms with Crippen molar-refractivity contribution in [1.29, 1.82) is 0 Å². The van der Waals surface area contributed by atoms with Crippen LogP contribution in [0.25, 0.3) is 0 Å². The average molecular weight is 215 g/mol. The molecule has 0 amide bonds. The minimum atomic E-state index is 0.933. The Hall–Kier alpha value is -0.350. The second-order valence-electron chi connectivity index (χ2n) is 3.68. The van der Waals surface area contributed by atoms with Gasteiger partial charge in [-0.1, -0.05) is 19.8 Å². The monoisotopic (exact) mass is 215 g/mol. The summed E-state index contributed by atoms with van der Waals surface area (Å²) in [5, 5.41) is 7.57. The molecule has 14 heavy (non-hydrogen) atoms. The zero-order valence-corrected chi connectivity index (χ0v) is 9.83. The summed E-state index contributed by atoms with van der Waals surface area (Å²) in [6.45, 7) is 7.43. The molecule has 1 fully saturated rings. The largest absolute Gasteiger partial charge is 0.363 e. The van der Waals surface area contributed by atoms with Gasteiger partial charge in [0.15, 0.2) is 5.11 Å². The van der Waals surface area contributed by atoms with Crippen LogP contribution < -0.4 is 10.6 Å². The van der Waals surface area contributed by atoms with E-state index in [1.807, 2.05) is 0 Å². The van der Waals surface area contributed by atoms with Crippen LogP contribution in [0, 0.1) is 0 Å². The number of hydrogen-bond donors (Lipinski definition) is 2. The highest BCUT2D eigenvalue weighted by Gasteiger charge is 2.11. The first-order valence-corrected chi connectivity index (χ1v) is 5.99. The van der Waals surface area contributed by atoms with Gasteiger partial charge in [-0.15, -0.1) is 0 Å². The van der Waals surface area contributed by atoms with E-state index in [-0.39, 0.29) is 0 Å². The molecule has 0 aromatic heterocycles. The molecular formula is C10H21N3S. The van der Waals surface area contributed by atoms with Crippen LogP contribution in [0.4, 0.5) is 0 Å². The van der Waals surface area contributed by atoms with Crippen molar-refractivity contribution in [2.75, 3.05) is 32.7 Å². The van der Waals surface area contributed by atoms with Gasteiger partial charge < -0.3 is 15.5 Å². The Kier molecular flexibility index (Phi) is 5.87. The van der Waals surface area contributed by atoms with Gasteiger partial charge in [0, 0.05) is 32.7 Å². The predicted octanol–water partition coefficient (Wildman–Crippen LogP) is 0.956. The van der Waals surface area contributed by atoms with E-state index >= 15 is 0 Å². The lowest BCUT2D eigenvalue weighted by Gasteiger charge is -2.29. The van der Waals surface area contributed by atoms with Gasteiger partial charge in [0.2, 0.25) is 0 Å². The Morgan fingerprint density at radius 2 is 2.07 bits per heavy atom. The Morgan fingerprint density at radius 3 is 2.71 bits per heavy atom. The van der Waals surface area contributed by atoms with Gasteiger partial charge >= 0.3 is 0 Å². The lowest BCUT2D eigenvalue weighted by atomic mass is 10.2. The number of piperazine rings is 1. The van der Waals surface area contributed by atoms with Crippen LogP contribution in [0.3, 0.4) is 0 Å². The van der Waals surface area contributed by atoms with E-state index in [1.54, 1.807) is 0 Å². The second-order valence-corrected chi connectivity index (χ2v) is 4.06. The van der Waals surface area contributed by atoms with Crippen LogP contribution >= 0.6 is 12.2 Å². The summed E-state index contributed by atoms with van der Waals surface area (Å²) in [5.74, 6) is 0. The fourth-order valence-corrected chi connectivity index (χ4v) is 1.83. The van der Waals surface area contributed by atoms with Crippen LogP contribution in [0.1, 0.15) is 26.2 Å². The van der Waals surface area contributed by atoms with Gasteiger partial charge in [0.1, 0.15) is 0 Å². The molecule has 0 spiro atoms. The summed E-state index contributed by atoms with van der Waals surface area (Å²) in [5.41, 5.74) is 0. The molecule has 0 saturated carbocycles. The van der Waals surface area contributed by atoms with Gasteiger partial charge in [0.25, 0.3) is 0 Å². The third-order valence-corrected chi connectivity index (χ3v) is 2.86. The lowest BCUT2D eigenvalue weighted by molar-refractivity contribution is 0.352. The third-order valence-electron chi connectivity index (χ3n) is 2.46. The number of unbranched alkanes of at least 4 members (excludes halogenated alkanes) is 2. The summed E-state index contributed by atoms with van der Waals surface area (Å²) in [6.07, 6.45) is 3.78. The van der Waals surface area contributed by atoms with Gasteiger partial charge in [-0.05, 0) is 18.6 Å². The number of thiocarbonyl (C=S) groups is 1. The van der Waals surface area contributed by atoms with Crippen molar-refractivity contribution < 1.29 is 0 Å². The van der Waals surface area contributed by atoms with E-state index in [0.29, 0.717) is 0 Å². The third kappa shape index (κ3) is 4.24. The Bertz CT molecular complexity index is 167. The summed E-state index contributed by atoms with van der Waals surface area (Å²) in [6, 6.07) is 0. The minimum Gasteiger partial charge on any atom is -0.363 e. The molecule has 3 nitrogen and oxygen atoms in total. The molecule has 2 N–H and O–H groups in total. The maximum Gasteiger partial charge on any atom is 0.169 e. The van der Waals surface area contributed by atoms with Crippen molar-refractivity contribution in [2.24, 2.45) is 0 Å². The molecule has 82 valence electrons. The van der Waals surface area contributed by atoms with Crippen LogP contribution in [-0.4, -0.2) is 42.7 Å². The number of nitrogens with one attached hydrogen (secondary N) is 2. The molecule has 0 radical (unpaired) electrons. The summed E-state index contributed by atoms with van der Waals surface area (Å²) in [7, 11) is 0. The molecule has 1 heterocycles. The topological polar surface area (TPSA) is 27.3 Å². The normalized spacial score (nSPS) is 16.8. The molecule has 1 saturated heterocycles. The zero-order valence-electron chi connectivity index (χ0n) is 9.01. The Balaban J connectivity index is 2.07.